The lowest BCUT2D eigenvalue weighted by Crippen LogP contribution is -2.12. The van der Waals surface area contributed by atoms with Gasteiger partial charge in [0.15, 0.2) is 0 Å². The minimum Gasteiger partial charge on any atom is -0.489 e. The van der Waals surface area contributed by atoms with Crippen molar-refractivity contribution in [1.82, 2.24) is 4.98 Å². The molecule has 102 valence electrons. The minimum absolute atomic E-state index is 0.199. The number of hydrogen-bond donors (Lipinski definition) is 1. The molecule has 1 heterocycles. The second kappa shape index (κ2) is 6.52. The average Bonchev–Trinajstić information content (AvgIpc) is 2.46. The molecule has 20 heavy (non-hydrogen) atoms. The van der Waals surface area contributed by atoms with Crippen LogP contribution in [-0.4, -0.2) is 17.5 Å². The lowest BCUT2D eigenvalue weighted by molar-refractivity contribution is 0.102. The van der Waals surface area contributed by atoms with Crippen LogP contribution in [-0.2, 0) is 0 Å². The number of amides is 1. The third kappa shape index (κ3) is 3.95. The van der Waals surface area contributed by atoms with E-state index in [1.165, 1.54) is 6.20 Å². The standard InChI is InChI=1S/C16H16N2O2/c1-12(2)11-20-15-7-3-6-14(9-15)18-16(19)13-5-4-8-17-10-13/h3-10H,1,11H2,2H3,(H,18,19). The van der Waals surface area contributed by atoms with Crippen molar-refractivity contribution < 1.29 is 9.53 Å². The van der Waals surface area contributed by atoms with Gasteiger partial charge in [-0.05, 0) is 36.8 Å². The number of rotatable bonds is 5. The minimum atomic E-state index is -0.199. The number of ether oxygens (including phenoxy) is 1. The third-order valence-electron chi connectivity index (χ3n) is 2.50. The first-order chi connectivity index (χ1) is 9.65. The topological polar surface area (TPSA) is 51.2 Å². The van der Waals surface area contributed by atoms with Gasteiger partial charge in [-0.3, -0.25) is 9.78 Å². The number of aromatic nitrogens is 1. The SMILES string of the molecule is C=C(C)COc1cccc(NC(=O)c2cccnc2)c1. The van der Waals surface area contributed by atoms with Gasteiger partial charge in [0, 0.05) is 24.1 Å². The monoisotopic (exact) mass is 268 g/mol. The maximum Gasteiger partial charge on any atom is 0.257 e. The fraction of sp³-hybridized carbons (Fsp3) is 0.125. The highest BCUT2D eigenvalue weighted by molar-refractivity contribution is 6.04. The Balaban J connectivity index is 2.04. The van der Waals surface area contributed by atoms with E-state index in [1.54, 1.807) is 24.4 Å². The molecule has 2 aromatic rings. The van der Waals surface area contributed by atoms with Crippen LogP contribution in [0.5, 0.6) is 5.75 Å². The normalized spacial score (nSPS) is 9.85. The summed E-state index contributed by atoms with van der Waals surface area (Å²) in [6, 6.07) is 10.7. The molecule has 4 nitrogen and oxygen atoms in total. The Bertz CT molecular complexity index is 609. The first-order valence-electron chi connectivity index (χ1n) is 6.24. The van der Waals surface area contributed by atoms with E-state index >= 15 is 0 Å². The van der Waals surface area contributed by atoms with Crippen LogP contribution in [0, 0.1) is 0 Å². The van der Waals surface area contributed by atoms with Gasteiger partial charge in [-0.15, -0.1) is 0 Å². The van der Waals surface area contributed by atoms with E-state index in [0.29, 0.717) is 23.6 Å². The Morgan fingerprint density at radius 1 is 1.35 bits per heavy atom. The molecule has 0 aliphatic heterocycles. The Morgan fingerprint density at radius 3 is 2.90 bits per heavy atom. The molecule has 0 aliphatic carbocycles. The number of carbonyl (C=O) groups excluding carboxylic acids is 1. The molecule has 0 atom stereocenters. The molecule has 1 aromatic carbocycles. The van der Waals surface area contributed by atoms with Crippen LogP contribution in [0.15, 0.2) is 60.9 Å². The van der Waals surface area contributed by atoms with Crippen molar-refractivity contribution in [2.75, 3.05) is 11.9 Å². The zero-order chi connectivity index (χ0) is 14.4. The van der Waals surface area contributed by atoms with Gasteiger partial charge < -0.3 is 10.1 Å². The number of benzene rings is 1. The molecule has 1 amide bonds. The number of anilines is 1. The van der Waals surface area contributed by atoms with Crippen molar-refractivity contribution in [3.05, 3.63) is 66.5 Å². The van der Waals surface area contributed by atoms with E-state index in [2.05, 4.69) is 16.9 Å². The second-order valence-electron chi connectivity index (χ2n) is 4.47. The Kier molecular flexibility index (Phi) is 4.50. The van der Waals surface area contributed by atoms with Crippen LogP contribution in [0.2, 0.25) is 0 Å². The van der Waals surface area contributed by atoms with Gasteiger partial charge in [-0.2, -0.15) is 0 Å². The number of pyridine rings is 1. The Hall–Kier alpha value is -2.62. The molecule has 2 rings (SSSR count). The molecule has 1 aromatic heterocycles. The van der Waals surface area contributed by atoms with E-state index in [0.717, 1.165) is 5.57 Å². The summed E-state index contributed by atoms with van der Waals surface area (Å²) < 4.78 is 5.53. The van der Waals surface area contributed by atoms with Gasteiger partial charge in [0.05, 0.1) is 5.56 Å². The third-order valence-corrected chi connectivity index (χ3v) is 2.50. The number of hydrogen-bond acceptors (Lipinski definition) is 3. The highest BCUT2D eigenvalue weighted by Gasteiger charge is 2.06. The smallest absolute Gasteiger partial charge is 0.257 e. The summed E-state index contributed by atoms with van der Waals surface area (Å²) in [7, 11) is 0. The van der Waals surface area contributed by atoms with Gasteiger partial charge in [0.1, 0.15) is 12.4 Å². The van der Waals surface area contributed by atoms with Gasteiger partial charge in [0.25, 0.3) is 5.91 Å². The number of carbonyl (C=O) groups is 1. The maximum absolute atomic E-state index is 12.0. The van der Waals surface area contributed by atoms with E-state index in [4.69, 9.17) is 4.74 Å². The van der Waals surface area contributed by atoms with Gasteiger partial charge in [0.2, 0.25) is 0 Å². The molecule has 0 saturated heterocycles. The van der Waals surface area contributed by atoms with Crippen LogP contribution in [0.25, 0.3) is 0 Å². The zero-order valence-electron chi connectivity index (χ0n) is 11.3. The van der Waals surface area contributed by atoms with Crippen molar-refractivity contribution in [2.45, 2.75) is 6.92 Å². The van der Waals surface area contributed by atoms with Crippen molar-refractivity contribution in [3.63, 3.8) is 0 Å². The molecule has 0 unspecified atom stereocenters. The van der Waals surface area contributed by atoms with Crippen LogP contribution < -0.4 is 10.1 Å². The van der Waals surface area contributed by atoms with Crippen LogP contribution in [0.1, 0.15) is 17.3 Å². The molecule has 0 aliphatic rings. The predicted octanol–water partition coefficient (Wildman–Crippen LogP) is 3.29. The molecule has 0 bridgehead atoms. The first-order valence-corrected chi connectivity index (χ1v) is 6.24. The number of nitrogens with one attached hydrogen (secondary N) is 1. The lowest BCUT2D eigenvalue weighted by Gasteiger charge is -2.09. The van der Waals surface area contributed by atoms with Crippen molar-refractivity contribution in [3.8, 4) is 5.75 Å². The zero-order valence-corrected chi connectivity index (χ0v) is 11.3. The quantitative estimate of drug-likeness (QED) is 0.846. The largest absolute Gasteiger partial charge is 0.489 e. The van der Waals surface area contributed by atoms with E-state index in [9.17, 15) is 4.79 Å². The summed E-state index contributed by atoms with van der Waals surface area (Å²) in [5.41, 5.74) is 2.13. The van der Waals surface area contributed by atoms with E-state index < -0.39 is 0 Å². The van der Waals surface area contributed by atoms with Crippen LogP contribution in [0.3, 0.4) is 0 Å². The summed E-state index contributed by atoms with van der Waals surface area (Å²) in [6.45, 7) is 6.13. The van der Waals surface area contributed by atoms with Crippen molar-refractivity contribution in [2.24, 2.45) is 0 Å². The summed E-state index contributed by atoms with van der Waals surface area (Å²) >= 11 is 0. The van der Waals surface area contributed by atoms with Crippen molar-refractivity contribution in [1.29, 1.82) is 0 Å². The Labute approximate surface area is 118 Å². The fourth-order valence-corrected chi connectivity index (χ4v) is 1.57. The summed E-state index contributed by atoms with van der Waals surface area (Å²) in [5.74, 6) is 0.493. The Morgan fingerprint density at radius 2 is 2.20 bits per heavy atom. The summed E-state index contributed by atoms with van der Waals surface area (Å²) in [4.78, 5) is 15.9. The molecular weight excluding hydrogens is 252 g/mol. The van der Waals surface area contributed by atoms with Gasteiger partial charge in [-0.1, -0.05) is 12.6 Å². The highest BCUT2D eigenvalue weighted by Crippen LogP contribution is 2.18. The average molecular weight is 268 g/mol. The highest BCUT2D eigenvalue weighted by atomic mass is 16.5. The molecular formula is C16H16N2O2. The van der Waals surface area contributed by atoms with E-state index in [-0.39, 0.29) is 5.91 Å². The lowest BCUT2D eigenvalue weighted by atomic mass is 10.2. The second-order valence-corrected chi connectivity index (χ2v) is 4.47. The fourth-order valence-electron chi connectivity index (χ4n) is 1.57. The maximum atomic E-state index is 12.0. The molecule has 0 radical (unpaired) electrons. The summed E-state index contributed by atoms with van der Waals surface area (Å²) in [6.07, 6.45) is 3.15. The molecule has 0 saturated carbocycles. The van der Waals surface area contributed by atoms with Crippen LogP contribution in [0.4, 0.5) is 5.69 Å². The molecule has 0 fully saturated rings. The van der Waals surface area contributed by atoms with E-state index in [1.807, 2.05) is 25.1 Å². The molecule has 1 N–H and O–H groups in total. The molecule has 0 spiro atoms. The molecule has 4 heteroatoms. The van der Waals surface area contributed by atoms with Crippen molar-refractivity contribution >= 4 is 11.6 Å². The van der Waals surface area contributed by atoms with Gasteiger partial charge >= 0.3 is 0 Å². The predicted molar refractivity (Wildman–Crippen MR) is 78.9 cm³/mol. The summed E-state index contributed by atoms with van der Waals surface area (Å²) in [5, 5.41) is 2.80. The first kappa shape index (κ1) is 13.8. The van der Waals surface area contributed by atoms with Crippen LogP contribution >= 0.6 is 0 Å². The number of nitrogens with zero attached hydrogens (tertiary/aromatic N) is 1. The van der Waals surface area contributed by atoms with Gasteiger partial charge in [-0.25, -0.2) is 0 Å².